The number of rotatable bonds is 4. The lowest BCUT2D eigenvalue weighted by molar-refractivity contribution is 0.0785. The number of nitrogens with zero attached hydrogens (tertiary/aromatic N) is 3. The van der Waals surface area contributed by atoms with E-state index in [2.05, 4.69) is 10.4 Å². The highest BCUT2D eigenvalue weighted by Crippen LogP contribution is 2.26. The van der Waals surface area contributed by atoms with Crippen LogP contribution in [0.4, 0.5) is 8.78 Å². The molecule has 1 N–H and O–H groups in total. The minimum absolute atomic E-state index is 0.0150. The summed E-state index contributed by atoms with van der Waals surface area (Å²) >= 11 is 0. The van der Waals surface area contributed by atoms with Crippen LogP contribution in [-0.4, -0.2) is 39.7 Å². The molecule has 2 heterocycles. The molecule has 2 aromatic rings. The molecule has 1 fully saturated rings. The maximum Gasteiger partial charge on any atom is 0.274 e. The van der Waals surface area contributed by atoms with Crippen LogP contribution < -0.4 is 5.32 Å². The molecule has 5 nitrogen and oxygen atoms in total. The smallest absolute Gasteiger partial charge is 0.274 e. The van der Waals surface area contributed by atoms with Gasteiger partial charge < -0.3 is 10.2 Å². The number of hydrogen-bond acceptors (Lipinski definition) is 3. The standard InChI is InChI=1S/C20H24F2N4O/c1-25-17-8-7-14(23-12-13-5-4-6-16(21)18(13)22)11-15(17)19(24-25)20(27)26-9-2-3-10-26/h4-6,14,23H,2-3,7-12H2,1H3/t14-/m1/s1. The van der Waals surface area contributed by atoms with Crippen molar-refractivity contribution < 1.29 is 13.6 Å². The minimum Gasteiger partial charge on any atom is -0.337 e. The van der Waals surface area contributed by atoms with Crippen molar-refractivity contribution in [2.75, 3.05) is 13.1 Å². The fourth-order valence-corrected chi connectivity index (χ4v) is 4.14. The van der Waals surface area contributed by atoms with Gasteiger partial charge in [0.15, 0.2) is 17.3 Å². The number of likely N-dealkylation sites (tertiary alicyclic amines) is 1. The first-order valence-corrected chi connectivity index (χ1v) is 9.55. The minimum atomic E-state index is -0.828. The predicted molar refractivity (Wildman–Crippen MR) is 97.4 cm³/mol. The number of benzene rings is 1. The molecule has 1 aromatic heterocycles. The SMILES string of the molecule is Cn1nc(C(=O)N2CCCC2)c2c1CC[C@@H](NCc1cccc(F)c1F)C2. The molecule has 1 aliphatic heterocycles. The van der Waals surface area contributed by atoms with E-state index in [1.165, 1.54) is 6.07 Å². The van der Waals surface area contributed by atoms with Crippen LogP contribution in [0.15, 0.2) is 18.2 Å². The van der Waals surface area contributed by atoms with Crippen LogP contribution in [0.3, 0.4) is 0 Å². The molecule has 1 aliphatic carbocycles. The topological polar surface area (TPSA) is 50.2 Å². The van der Waals surface area contributed by atoms with Gasteiger partial charge in [0.1, 0.15) is 0 Å². The number of amides is 1. The number of hydrogen-bond donors (Lipinski definition) is 1. The molecule has 7 heteroatoms. The third-order valence-electron chi connectivity index (χ3n) is 5.66. The van der Waals surface area contributed by atoms with Gasteiger partial charge in [-0.1, -0.05) is 12.1 Å². The Labute approximate surface area is 157 Å². The summed E-state index contributed by atoms with van der Waals surface area (Å²) in [4.78, 5) is 14.7. The van der Waals surface area contributed by atoms with Crippen LogP contribution in [-0.2, 0) is 26.4 Å². The van der Waals surface area contributed by atoms with Crippen molar-refractivity contribution in [3.05, 3.63) is 52.3 Å². The zero-order valence-corrected chi connectivity index (χ0v) is 15.5. The Hall–Kier alpha value is -2.28. The third-order valence-corrected chi connectivity index (χ3v) is 5.66. The van der Waals surface area contributed by atoms with Crippen molar-refractivity contribution in [1.82, 2.24) is 20.0 Å². The quantitative estimate of drug-likeness (QED) is 0.895. The first-order valence-electron chi connectivity index (χ1n) is 9.55. The zero-order chi connectivity index (χ0) is 19.0. The van der Waals surface area contributed by atoms with Gasteiger partial charge in [-0.05, 0) is 38.2 Å². The second-order valence-electron chi connectivity index (χ2n) is 7.43. The Bertz CT molecular complexity index is 858. The molecular formula is C20H24F2N4O. The first-order chi connectivity index (χ1) is 13.0. The van der Waals surface area contributed by atoms with Gasteiger partial charge in [0, 0.05) is 49.5 Å². The van der Waals surface area contributed by atoms with E-state index in [0.29, 0.717) is 17.7 Å². The number of aromatic nitrogens is 2. The van der Waals surface area contributed by atoms with Crippen LogP contribution in [0.2, 0.25) is 0 Å². The summed E-state index contributed by atoms with van der Waals surface area (Å²) in [6.07, 6.45) is 4.46. The fraction of sp³-hybridized carbons (Fsp3) is 0.500. The Balaban J connectivity index is 1.49. The molecule has 0 saturated carbocycles. The molecule has 1 saturated heterocycles. The van der Waals surface area contributed by atoms with Crippen molar-refractivity contribution in [2.45, 2.75) is 44.7 Å². The Morgan fingerprint density at radius 1 is 1.30 bits per heavy atom. The Morgan fingerprint density at radius 3 is 2.85 bits per heavy atom. The van der Waals surface area contributed by atoms with Crippen molar-refractivity contribution in [1.29, 1.82) is 0 Å². The highest BCUT2D eigenvalue weighted by molar-refractivity contribution is 5.94. The van der Waals surface area contributed by atoms with Gasteiger partial charge in [0.05, 0.1) is 0 Å². The van der Waals surface area contributed by atoms with Crippen LogP contribution in [0.25, 0.3) is 0 Å². The normalized spacial score (nSPS) is 19.4. The Morgan fingerprint density at radius 2 is 2.07 bits per heavy atom. The van der Waals surface area contributed by atoms with E-state index in [9.17, 15) is 13.6 Å². The highest BCUT2D eigenvalue weighted by atomic mass is 19.2. The molecule has 0 bridgehead atoms. The van der Waals surface area contributed by atoms with Crippen molar-refractivity contribution in [3.63, 3.8) is 0 Å². The molecule has 1 amide bonds. The van der Waals surface area contributed by atoms with Crippen LogP contribution in [0, 0.1) is 11.6 Å². The van der Waals surface area contributed by atoms with Gasteiger partial charge in [0.2, 0.25) is 0 Å². The summed E-state index contributed by atoms with van der Waals surface area (Å²) in [6, 6.07) is 4.33. The molecule has 2 aliphatic rings. The van der Waals surface area contributed by atoms with Crippen LogP contribution in [0.1, 0.15) is 46.6 Å². The molecule has 144 valence electrons. The van der Waals surface area contributed by atoms with Gasteiger partial charge >= 0.3 is 0 Å². The Kier molecular flexibility index (Phi) is 4.95. The van der Waals surface area contributed by atoms with Gasteiger partial charge in [-0.2, -0.15) is 5.10 Å². The van der Waals surface area contributed by atoms with E-state index in [4.69, 9.17) is 0 Å². The first kappa shape index (κ1) is 18.1. The van der Waals surface area contributed by atoms with Gasteiger partial charge in [0.25, 0.3) is 5.91 Å². The van der Waals surface area contributed by atoms with E-state index in [1.54, 1.807) is 6.07 Å². The summed E-state index contributed by atoms with van der Waals surface area (Å²) < 4.78 is 29.1. The van der Waals surface area contributed by atoms with Gasteiger partial charge in [-0.25, -0.2) is 8.78 Å². The predicted octanol–water partition coefficient (Wildman–Crippen LogP) is 2.58. The number of aryl methyl sites for hydroxylation is 1. The number of carbonyl (C=O) groups excluding carboxylic acids is 1. The average Bonchev–Trinajstić information content (AvgIpc) is 3.31. The monoisotopic (exact) mass is 374 g/mol. The lowest BCUT2D eigenvalue weighted by atomic mass is 9.91. The number of fused-ring (bicyclic) bond motifs is 1. The molecule has 4 rings (SSSR count). The summed E-state index contributed by atoms with van der Waals surface area (Å²) in [6.45, 7) is 1.86. The lowest BCUT2D eigenvalue weighted by Crippen LogP contribution is -2.36. The van der Waals surface area contributed by atoms with E-state index in [1.807, 2.05) is 16.6 Å². The highest BCUT2D eigenvalue weighted by Gasteiger charge is 2.31. The number of carbonyl (C=O) groups is 1. The second kappa shape index (κ2) is 7.38. The molecule has 1 aromatic carbocycles. The summed E-state index contributed by atoms with van der Waals surface area (Å²) in [5.74, 6) is -1.61. The summed E-state index contributed by atoms with van der Waals surface area (Å²) in [5.41, 5.74) is 2.98. The summed E-state index contributed by atoms with van der Waals surface area (Å²) in [5, 5.41) is 7.83. The van der Waals surface area contributed by atoms with Crippen LogP contribution in [0.5, 0.6) is 0 Å². The average molecular weight is 374 g/mol. The van der Waals surface area contributed by atoms with Gasteiger partial charge in [-0.15, -0.1) is 0 Å². The van der Waals surface area contributed by atoms with Crippen LogP contribution >= 0.6 is 0 Å². The van der Waals surface area contributed by atoms with E-state index in [0.717, 1.165) is 56.1 Å². The van der Waals surface area contributed by atoms with E-state index < -0.39 is 11.6 Å². The number of halogens is 2. The van der Waals surface area contributed by atoms with Crippen molar-refractivity contribution >= 4 is 5.91 Å². The maximum atomic E-state index is 13.9. The largest absolute Gasteiger partial charge is 0.337 e. The zero-order valence-electron chi connectivity index (χ0n) is 15.5. The molecule has 0 unspecified atom stereocenters. The lowest BCUT2D eigenvalue weighted by Gasteiger charge is -2.25. The van der Waals surface area contributed by atoms with E-state index >= 15 is 0 Å². The number of nitrogens with one attached hydrogen (secondary N) is 1. The molecule has 0 radical (unpaired) electrons. The summed E-state index contributed by atoms with van der Waals surface area (Å²) in [7, 11) is 1.88. The van der Waals surface area contributed by atoms with Gasteiger partial charge in [-0.3, -0.25) is 9.48 Å². The molecule has 0 spiro atoms. The third kappa shape index (κ3) is 3.48. The molecular weight excluding hydrogens is 350 g/mol. The maximum absolute atomic E-state index is 13.9. The van der Waals surface area contributed by atoms with Crippen molar-refractivity contribution in [2.24, 2.45) is 7.05 Å². The van der Waals surface area contributed by atoms with Crippen molar-refractivity contribution in [3.8, 4) is 0 Å². The fourth-order valence-electron chi connectivity index (χ4n) is 4.14. The molecule has 1 atom stereocenters. The second-order valence-corrected chi connectivity index (χ2v) is 7.43. The van der Waals surface area contributed by atoms with E-state index in [-0.39, 0.29) is 18.5 Å². The molecule has 27 heavy (non-hydrogen) atoms.